The van der Waals surface area contributed by atoms with Gasteiger partial charge in [-0.3, -0.25) is 43.9 Å². The molecular weight excluding hydrogens is 700 g/mol. The van der Waals surface area contributed by atoms with Gasteiger partial charge in [-0.25, -0.2) is 4.85 Å². The Morgan fingerprint density at radius 3 is 2.26 bits per heavy atom. The molecule has 1 saturated heterocycles. The first-order valence-corrected chi connectivity index (χ1v) is 17.8. The van der Waals surface area contributed by atoms with Crippen molar-refractivity contribution in [1.82, 2.24) is 25.3 Å². The van der Waals surface area contributed by atoms with Crippen molar-refractivity contribution in [3.05, 3.63) is 104 Å². The fraction of sp³-hybridized carbons (Fsp3) is 0.359. The van der Waals surface area contributed by atoms with Gasteiger partial charge in [0.05, 0.1) is 29.3 Å². The normalized spacial score (nSPS) is 22.8. The quantitative estimate of drug-likeness (QED) is 0.272. The van der Waals surface area contributed by atoms with Crippen molar-refractivity contribution in [3.63, 3.8) is 0 Å². The molecule has 0 spiro atoms. The number of halogens is 1. The Labute approximate surface area is 310 Å². The molecule has 3 atom stereocenters. The van der Waals surface area contributed by atoms with Crippen LogP contribution < -0.4 is 15.4 Å². The van der Waals surface area contributed by atoms with Crippen LogP contribution in [0.1, 0.15) is 86.4 Å². The number of benzene rings is 3. The summed E-state index contributed by atoms with van der Waals surface area (Å²) in [5.41, 5.74) is 4.56. The molecule has 270 valence electrons. The van der Waals surface area contributed by atoms with E-state index in [1.54, 1.807) is 41.3 Å². The molecule has 8 rings (SSSR count). The lowest BCUT2D eigenvalue weighted by atomic mass is 9.64. The van der Waals surface area contributed by atoms with Crippen LogP contribution in [0.5, 0.6) is 5.75 Å². The lowest BCUT2D eigenvalue weighted by Crippen LogP contribution is -2.63. The van der Waals surface area contributed by atoms with Crippen LogP contribution in [-0.2, 0) is 40.6 Å². The number of amides is 6. The van der Waals surface area contributed by atoms with Crippen LogP contribution >= 0.6 is 11.6 Å². The van der Waals surface area contributed by atoms with Gasteiger partial charge in [-0.15, -0.1) is 0 Å². The molecule has 3 aromatic carbocycles. The molecule has 1 unspecified atom stereocenters. The van der Waals surface area contributed by atoms with Crippen molar-refractivity contribution >= 4 is 52.7 Å². The average molecular weight is 735 g/mol. The van der Waals surface area contributed by atoms with E-state index in [-0.39, 0.29) is 59.9 Å². The summed E-state index contributed by atoms with van der Waals surface area (Å²) in [7, 11) is 0. The van der Waals surface area contributed by atoms with E-state index in [0.29, 0.717) is 54.6 Å². The van der Waals surface area contributed by atoms with Crippen LogP contribution in [0.3, 0.4) is 0 Å². The standard InChI is InChI=1S/C39H35ClN6O7/c1-39(2)31(14-32(39)53-25-6-7-29(41-3)28(40)13-25)42-35(49)20-4-5-21-17-45(18-22(21)10-20)34(48)19-44-15-23-11-26-27(12-24(23)16-44)38(52)46(37(26)51)30-8-9-33(47)43-36(30)50/h4-7,10-13,30-32H,8-9,14-19H2,1-2H3,(H,42,49)(H,43,47,50)/t30?,31-,32-/m0/s1. The zero-order valence-electron chi connectivity index (χ0n) is 29.0. The van der Waals surface area contributed by atoms with Gasteiger partial charge in [-0.05, 0) is 65.1 Å². The molecule has 4 aliphatic heterocycles. The van der Waals surface area contributed by atoms with Crippen molar-refractivity contribution < 1.29 is 33.5 Å². The fourth-order valence-electron chi connectivity index (χ4n) is 7.94. The summed E-state index contributed by atoms with van der Waals surface area (Å²) in [6.45, 7) is 13.0. The molecule has 0 bridgehead atoms. The number of carbonyl (C=O) groups is 6. The maximum atomic E-state index is 13.5. The van der Waals surface area contributed by atoms with Gasteiger partial charge in [0, 0.05) is 56.0 Å². The van der Waals surface area contributed by atoms with E-state index >= 15 is 0 Å². The van der Waals surface area contributed by atoms with E-state index in [4.69, 9.17) is 22.9 Å². The molecule has 1 saturated carbocycles. The molecule has 6 amide bonds. The first-order valence-electron chi connectivity index (χ1n) is 17.4. The molecule has 1 aliphatic carbocycles. The van der Waals surface area contributed by atoms with Crippen molar-refractivity contribution in [2.75, 3.05) is 6.54 Å². The van der Waals surface area contributed by atoms with E-state index in [9.17, 15) is 28.8 Å². The minimum Gasteiger partial charge on any atom is -0.490 e. The van der Waals surface area contributed by atoms with Crippen LogP contribution in [0, 0.1) is 12.0 Å². The number of fused-ring (bicyclic) bond motifs is 3. The summed E-state index contributed by atoms with van der Waals surface area (Å²) in [6.07, 6.45) is 0.616. The Morgan fingerprint density at radius 1 is 0.943 bits per heavy atom. The molecule has 2 fully saturated rings. The van der Waals surface area contributed by atoms with Gasteiger partial charge in [-0.1, -0.05) is 37.6 Å². The van der Waals surface area contributed by atoms with Crippen molar-refractivity contribution in [2.45, 2.75) is 77.5 Å². The molecule has 0 radical (unpaired) electrons. The molecule has 5 aliphatic rings. The minimum absolute atomic E-state index is 0.0540. The van der Waals surface area contributed by atoms with Gasteiger partial charge < -0.3 is 15.0 Å². The molecule has 3 aromatic rings. The van der Waals surface area contributed by atoms with Gasteiger partial charge in [0.15, 0.2) is 0 Å². The smallest absolute Gasteiger partial charge is 0.262 e. The van der Waals surface area contributed by atoms with Crippen LogP contribution in [0.4, 0.5) is 5.69 Å². The number of hydrogen-bond acceptors (Lipinski definition) is 8. The Balaban J connectivity index is 0.851. The Bertz CT molecular complexity index is 2170. The summed E-state index contributed by atoms with van der Waals surface area (Å²) in [6, 6.07) is 12.7. The van der Waals surface area contributed by atoms with Gasteiger partial charge in [0.1, 0.15) is 17.9 Å². The molecule has 0 aromatic heterocycles. The molecule has 4 heterocycles. The highest BCUT2D eigenvalue weighted by Gasteiger charge is 2.51. The van der Waals surface area contributed by atoms with Gasteiger partial charge in [0.25, 0.3) is 17.7 Å². The topological polar surface area (TPSA) is 150 Å². The maximum Gasteiger partial charge on any atom is 0.262 e. The van der Waals surface area contributed by atoms with Crippen molar-refractivity contribution in [1.29, 1.82) is 0 Å². The Kier molecular flexibility index (Phi) is 8.35. The highest BCUT2D eigenvalue weighted by molar-refractivity contribution is 6.33. The SMILES string of the molecule is [C-]#[N+]c1ccc(O[C@H]2C[C@H](NC(=O)c3ccc4c(c3)CN(C(=O)CN3Cc5cc6c(cc5C3)C(=O)N(C3CCC(=O)NC3=O)C6=O)C4)C2(C)C)cc1Cl. The largest absolute Gasteiger partial charge is 0.490 e. The summed E-state index contributed by atoms with van der Waals surface area (Å²) < 4.78 is 6.15. The van der Waals surface area contributed by atoms with Gasteiger partial charge >= 0.3 is 0 Å². The third kappa shape index (κ3) is 6.01. The predicted molar refractivity (Wildman–Crippen MR) is 190 cm³/mol. The van der Waals surface area contributed by atoms with E-state index in [1.165, 1.54) is 0 Å². The first-order chi connectivity index (χ1) is 25.3. The maximum absolute atomic E-state index is 13.5. The predicted octanol–water partition coefficient (Wildman–Crippen LogP) is 4.13. The van der Waals surface area contributed by atoms with E-state index in [2.05, 4.69) is 15.5 Å². The first kappa shape index (κ1) is 34.5. The summed E-state index contributed by atoms with van der Waals surface area (Å²) in [5.74, 6) is -1.88. The van der Waals surface area contributed by atoms with Crippen LogP contribution in [0.15, 0.2) is 48.5 Å². The Hall–Kier alpha value is -5.58. The minimum atomic E-state index is -1.02. The number of nitrogens with zero attached hydrogens (tertiary/aromatic N) is 4. The van der Waals surface area contributed by atoms with Gasteiger partial charge in [0.2, 0.25) is 23.4 Å². The Morgan fingerprint density at radius 2 is 1.62 bits per heavy atom. The third-order valence-electron chi connectivity index (χ3n) is 11.3. The van der Waals surface area contributed by atoms with Crippen LogP contribution in [-0.4, -0.2) is 74.9 Å². The van der Waals surface area contributed by atoms with Crippen molar-refractivity contribution in [3.8, 4) is 5.75 Å². The number of rotatable bonds is 7. The summed E-state index contributed by atoms with van der Waals surface area (Å²) >= 11 is 6.18. The van der Waals surface area contributed by atoms with Crippen LogP contribution in [0.2, 0.25) is 5.02 Å². The summed E-state index contributed by atoms with van der Waals surface area (Å²) in [5, 5.41) is 5.69. The van der Waals surface area contributed by atoms with E-state index in [1.807, 2.05) is 30.9 Å². The highest BCUT2D eigenvalue weighted by atomic mass is 35.5. The lowest BCUT2D eigenvalue weighted by Gasteiger charge is -2.51. The zero-order chi connectivity index (χ0) is 37.3. The zero-order valence-corrected chi connectivity index (χ0v) is 29.8. The third-order valence-corrected chi connectivity index (χ3v) is 11.6. The molecule has 2 N–H and O–H groups in total. The molecule has 14 heteroatoms. The van der Waals surface area contributed by atoms with Crippen molar-refractivity contribution in [2.24, 2.45) is 5.41 Å². The fourth-order valence-corrected chi connectivity index (χ4v) is 8.15. The van der Waals surface area contributed by atoms with E-state index in [0.717, 1.165) is 27.2 Å². The van der Waals surface area contributed by atoms with Gasteiger partial charge in [-0.2, -0.15) is 0 Å². The number of hydrogen-bond donors (Lipinski definition) is 2. The molecule has 53 heavy (non-hydrogen) atoms. The number of imide groups is 2. The second-order valence-corrected chi connectivity index (χ2v) is 15.3. The lowest BCUT2D eigenvalue weighted by molar-refractivity contribution is -0.136. The molecule has 13 nitrogen and oxygen atoms in total. The number of piperidine rings is 1. The highest BCUT2D eigenvalue weighted by Crippen LogP contribution is 2.44. The monoisotopic (exact) mass is 734 g/mol. The van der Waals surface area contributed by atoms with E-state index < -0.39 is 29.7 Å². The van der Waals surface area contributed by atoms with Crippen LogP contribution in [0.25, 0.3) is 4.85 Å². The molecular formula is C39H35ClN6O7. The number of ether oxygens (including phenoxy) is 1. The number of carbonyl (C=O) groups excluding carboxylic acids is 6. The summed E-state index contributed by atoms with van der Waals surface area (Å²) in [4.78, 5) is 85.4. The number of nitrogens with one attached hydrogen (secondary N) is 2. The average Bonchev–Trinajstić information content (AvgIpc) is 3.80. The second-order valence-electron chi connectivity index (χ2n) is 14.9. The second kappa shape index (κ2) is 12.8.